The number of benzene rings is 2. The van der Waals surface area contributed by atoms with E-state index in [0.717, 1.165) is 18.2 Å². The average Bonchev–Trinajstić information content (AvgIpc) is 2.52. The molecule has 0 aromatic heterocycles. The smallest absolute Gasteiger partial charge is 0.193 e. The van der Waals surface area contributed by atoms with Crippen molar-refractivity contribution in [1.82, 2.24) is 0 Å². The minimum absolute atomic E-state index is 0.0752. The molecule has 0 fully saturated rings. The Labute approximate surface area is 107 Å². The lowest BCUT2D eigenvalue weighted by atomic mass is 10.0. The Morgan fingerprint density at radius 2 is 1.06 bits per heavy atom. The Bertz CT molecular complexity index is 396. The molecule has 2 rings (SSSR count). The molecule has 0 saturated carbocycles. The monoisotopic (exact) mass is 244 g/mol. The molecule has 0 amide bonds. The summed E-state index contributed by atoms with van der Waals surface area (Å²) in [6.07, 6.45) is 0. The number of ketones is 1. The fraction of sp³-hybridized carbons (Fsp3) is 0.0667. The Hall–Kier alpha value is -2.26. The minimum Gasteiger partial charge on any atom is -0.400 e. The molecule has 0 aliphatic heterocycles. The summed E-state index contributed by atoms with van der Waals surface area (Å²) in [7, 11) is 1.00. The first-order valence-electron chi connectivity index (χ1n) is 5.26. The summed E-state index contributed by atoms with van der Waals surface area (Å²) >= 11 is 0. The van der Waals surface area contributed by atoms with Gasteiger partial charge in [-0.25, -0.2) is 0 Å². The molecule has 2 aromatic rings. The van der Waals surface area contributed by atoms with E-state index in [4.69, 9.17) is 9.90 Å². The van der Waals surface area contributed by atoms with Crippen molar-refractivity contribution in [3.63, 3.8) is 0 Å². The molecule has 3 heteroatoms. The summed E-state index contributed by atoms with van der Waals surface area (Å²) in [5.41, 5.74) is 1.47. The van der Waals surface area contributed by atoms with Crippen LogP contribution >= 0.6 is 0 Å². The molecule has 94 valence electrons. The van der Waals surface area contributed by atoms with Crippen LogP contribution in [-0.4, -0.2) is 24.8 Å². The van der Waals surface area contributed by atoms with Crippen LogP contribution in [-0.2, 0) is 4.79 Å². The zero-order chi connectivity index (χ0) is 13.8. The molecule has 0 radical (unpaired) electrons. The van der Waals surface area contributed by atoms with Crippen LogP contribution in [0, 0.1) is 0 Å². The molecule has 0 bridgehead atoms. The van der Waals surface area contributed by atoms with E-state index < -0.39 is 0 Å². The van der Waals surface area contributed by atoms with Crippen LogP contribution in [0.2, 0.25) is 0 Å². The van der Waals surface area contributed by atoms with E-state index in [0.29, 0.717) is 0 Å². The summed E-state index contributed by atoms with van der Waals surface area (Å²) in [5.74, 6) is 0.0752. The van der Waals surface area contributed by atoms with E-state index in [1.54, 1.807) is 0 Å². The van der Waals surface area contributed by atoms with Crippen molar-refractivity contribution in [3.05, 3.63) is 71.8 Å². The standard InChI is InChI=1S/C13H10O.CH4O.CH2O/c14-13(11-7-3-1-4-8-11)12-9-5-2-6-10-12;2*1-2/h1-10H;2H,1H3;1H2. The largest absolute Gasteiger partial charge is 0.400 e. The first kappa shape index (κ1) is 15.7. The maximum atomic E-state index is 11.8. The maximum absolute atomic E-state index is 11.8. The van der Waals surface area contributed by atoms with Crippen molar-refractivity contribution >= 4 is 12.6 Å². The molecule has 0 aliphatic carbocycles. The van der Waals surface area contributed by atoms with Gasteiger partial charge in [0.1, 0.15) is 6.79 Å². The van der Waals surface area contributed by atoms with E-state index in [1.165, 1.54) is 0 Å². The highest BCUT2D eigenvalue weighted by Crippen LogP contribution is 2.08. The second-order valence-electron chi connectivity index (χ2n) is 3.06. The Kier molecular flexibility index (Phi) is 8.68. The fourth-order valence-corrected chi connectivity index (χ4v) is 1.35. The molecule has 18 heavy (non-hydrogen) atoms. The quantitative estimate of drug-likeness (QED) is 0.825. The predicted octanol–water partition coefficient (Wildman–Crippen LogP) is 2.34. The van der Waals surface area contributed by atoms with Crippen LogP contribution in [0.4, 0.5) is 0 Å². The molecule has 3 nitrogen and oxygen atoms in total. The van der Waals surface area contributed by atoms with Crippen LogP contribution in [0.1, 0.15) is 15.9 Å². The second kappa shape index (κ2) is 9.93. The van der Waals surface area contributed by atoms with Crippen molar-refractivity contribution in [1.29, 1.82) is 0 Å². The number of aliphatic hydroxyl groups is 1. The summed E-state index contributed by atoms with van der Waals surface area (Å²) < 4.78 is 0. The summed E-state index contributed by atoms with van der Waals surface area (Å²) in [4.78, 5) is 19.8. The lowest BCUT2D eigenvalue weighted by Gasteiger charge is -1.99. The van der Waals surface area contributed by atoms with Gasteiger partial charge < -0.3 is 9.90 Å². The predicted molar refractivity (Wildman–Crippen MR) is 71.6 cm³/mol. The Balaban J connectivity index is 0.000000659. The molecule has 0 unspecified atom stereocenters. The number of carbonyl (C=O) groups excluding carboxylic acids is 2. The highest BCUT2D eigenvalue weighted by atomic mass is 16.2. The van der Waals surface area contributed by atoms with Crippen LogP contribution in [0.15, 0.2) is 60.7 Å². The molecule has 0 heterocycles. The van der Waals surface area contributed by atoms with Crippen molar-refractivity contribution in [2.24, 2.45) is 0 Å². The Morgan fingerprint density at radius 3 is 1.33 bits per heavy atom. The van der Waals surface area contributed by atoms with E-state index in [9.17, 15) is 4.79 Å². The van der Waals surface area contributed by atoms with Gasteiger partial charge in [0.2, 0.25) is 0 Å². The molecule has 0 aliphatic rings. The Morgan fingerprint density at radius 1 is 0.778 bits per heavy atom. The molecule has 1 N–H and O–H groups in total. The van der Waals surface area contributed by atoms with Crippen LogP contribution in [0.5, 0.6) is 0 Å². The lowest BCUT2D eigenvalue weighted by Crippen LogP contribution is -1.99. The van der Waals surface area contributed by atoms with Gasteiger partial charge >= 0.3 is 0 Å². The summed E-state index contributed by atoms with van der Waals surface area (Å²) in [6.45, 7) is 2.00. The van der Waals surface area contributed by atoms with E-state index in [-0.39, 0.29) is 5.78 Å². The van der Waals surface area contributed by atoms with Gasteiger partial charge in [-0.2, -0.15) is 0 Å². The minimum atomic E-state index is 0.0752. The maximum Gasteiger partial charge on any atom is 0.193 e. The highest BCUT2D eigenvalue weighted by Gasteiger charge is 2.06. The number of hydrogen-bond acceptors (Lipinski definition) is 3. The van der Waals surface area contributed by atoms with Gasteiger partial charge in [0.15, 0.2) is 5.78 Å². The molecular formula is C15H16O3. The van der Waals surface area contributed by atoms with Gasteiger partial charge in [0, 0.05) is 18.2 Å². The third-order valence-electron chi connectivity index (χ3n) is 2.07. The van der Waals surface area contributed by atoms with Crippen molar-refractivity contribution < 1.29 is 14.7 Å². The third-order valence-corrected chi connectivity index (χ3v) is 2.07. The van der Waals surface area contributed by atoms with Crippen molar-refractivity contribution in [2.45, 2.75) is 0 Å². The highest BCUT2D eigenvalue weighted by molar-refractivity contribution is 6.08. The van der Waals surface area contributed by atoms with Gasteiger partial charge in [0.05, 0.1) is 0 Å². The SMILES string of the molecule is C=O.CO.O=C(c1ccccc1)c1ccccc1. The summed E-state index contributed by atoms with van der Waals surface area (Å²) in [5, 5.41) is 7.00. The van der Waals surface area contributed by atoms with Gasteiger partial charge in [-0.3, -0.25) is 4.79 Å². The van der Waals surface area contributed by atoms with Crippen LogP contribution < -0.4 is 0 Å². The van der Waals surface area contributed by atoms with Gasteiger partial charge in [0.25, 0.3) is 0 Å². The fourth-order valence-electron chi connectivity index (χ4n) is 1.35. The van der Waals surface area contributed by atoms with Crippen molar-refractivity contribution in [3.8, 4) is 0 Å². The van der Waals surface area contributed by atoms with Crippen molar-refractivity contribution in [2.75, 3.05) is 7.11 Å². The first-order chi connectivity index (χ1) is 8.88. The summed E-state index contributed by atoms with van der Waals surface area (Å²) in [6, 6.07) is 18.6. The third kappa shape index (κ3) is 4.72. The lowest BCUT2D eigenvalue weighted by molar-refractivity contribution is -0.0979. The van der Waals surface area contributed by atoms with Crippen LogP contribution in [0.3, 0.4) is 0 Å². The average molecular weight is 244 g/mol. The van der Waals surface area contributed by atoms with E-state index in [2.05, 4.69) is 0 Å². The molecule has 2 aromatic carbocycles. The molecule has 0 atom stereocenters. The normalized spacial score (nSPS) is 8.11. The van der Waals surface area contributed by atoms with Gasteiger partial charge in [-0.05, 0) is 0 Å². The first-order valence-corrected chi connectivity index (χ1v) is 5.26. The number of aliphatic hydroxyl groups excluding tert-OH is 1. The van der Waals surface area contributed by atoms with Gasteiger partial charge in [-0.15, -0.1) is 0 Å². The van der Waals surface area contributed by atoms with E-state index in [1.807, 2.05) is 67.5 Å². The zero-order valence-electron chi connectivity index (χ0n) is 10.2. The number of rotatable bonds is 2. The van der Waals surface area contributed by atoms with Crippen LogP contribution in [0.25, 0.3) is 0 Å². The molecule has 0 spiro atoms. The number of hydrogen-bond donors (Lipinski definition) is 1. The molecular weight excluding hydrogens is 228 g/mol. The second-order valence-corrected chi connectivity index (χ2v) is 3.06. The van der Waals surface area contributed by atoms with Gasteiger partial charge in [-0.1, -0.05) is 60.7 Å². The molecule has 0 saturated heterocycles. The number of carbonyl (C=O) groups is 2. The van der Waals surface area contributed by atoms with E-state index >= 15 is 0 Å². The zero-order valence-corrected chi connectivity index (χ0v) is 10.2. The topological polar surface area (TPSA) is 54.4 Å².